The van der Waals surface area contributed by atoms with Gasteiger partial charge in [0.05, 0.1) is 24.7 Å². The molecule has 0 aliphatic heterocycles. The van der Waals surface area contributed by atoms with Crippen LogP contribution in [0.4, 0.5) is 19.3 Å². The van der Waals surface area contributed by atoms with Crippen molar-refractivity contribution in [1.29, 1.82) is 0 Å². The van der Waals surface area contributed by atoms with E-state index in [0.29, 0.717) is 21.7 Å². The molecule has 0 bridgehead atoms. The number of rotatable bonds is 11. The number of benzene rings is 2. The summed E-state index contributed by atoms with van der Waals surface area (Å²) in [5, 5.41) is 7.12. The van der Waals surface area contributed by atoms with Gasteiger partial charge >= 0.3 is 11.7 Å². The number of hydrogen-bond donors (Lipinski definition) is 3. The van der Waals surface area contributed by atoms with Crippen LogP contribution in [0, 0.1) is 11.6 Å². The Morgan fingerprint density at radius 3 is 2.33 bits per heavy atom. The molecular weight excluding hydrogens is 644 g/mol. The topological polar surface area (TPSA) is 140 Å². The quantitative estimate of drug-likeness (QED) is 0.173. The third kappa shape index (κ3) is 6.88. The Morgan fingerprint density at radius 2 is 1.73 bits per heavy atom. The second-order valence-electron chi connectivity index (χ2n) is 10.7. The molecule has 0 aliphatic carbocycles. The minimum Gasteiger partial charge on any atom is -0.306 e. The molecule has 3 amide bonds. The maximum absolute atomic E-state index is 15.0. The van der Waals surface area contributed by atoms with Gasteiger partial charge in [-0.15, -0.1) is 11.3 Å². The van der Waals surface area contributed by atoms with Crippen molar-refractivity contribution >= 4 is 39.2 Å². The average molecular weight is 678 g/mol. The van der Waals surface area contributed by atoms with Crippen LogP contribution in [0.25, 0.3) is 20.7 Å². The number of thiophene rings is 1. The molecule has 48 heavy (non-hydrogen) atoms. The first-order valence-electron chi connectivity index (χ1n) is 14.9. The van der Waals surface area contributed by atoms with E-state index in [1.54, 1.807) is 43.5 Å². The van der Waals surface area contributed by atoms with Crippen LogP contribution in [0.3, 0.4) is 0 Å². The van der Waals surface area contributed by atoms with Crippen LogP contribution >= 0.6 is 11.3 Å². The van der Waals surface area contributed by atoms with Crippen molar-refractivity contribution in [1.82, 2.24) is 25.0 Å². The highest BCUT2D eigenvalue weighted by molar-refractivity contribution is 7.22. The average Bonchev–Trinajstić information content (AvgIpc) is 3.45. The van der Waals surface area contributed by atoms with Crippen LogP contribution in [0.15, 0.2) is 76.4 Å². The summed E-state index contributed by atoms with van der Waals surface area (Å²) in [6.07, 6.45) is 1.67. The number of fused-ring (bicyclic) bond motifs is 1. The number of hydroxylamine groups is 1. The third-order valence-electron chi connectivity index (χ3n) is 7.65. The van der Waals surface area contributed by atoms with Gasteiger partial charge in [-0.05, 0) is 61.4 Å². The van der Waals surface area contributed by atoms with Crippen molar-refractivity contribution in [2.45, 2.75) is 39.9 Å². The fourth-order valence-corrected chi connectivity index (χ4v) is 6.61. The Balaban J connectivity index is 1.76. The fraction of sp³-hybridized carbons (Fsp3) is 0.242. The predicted molar refractivity (Wildman–Crippen MR) is 179 cm³/mol. The summed E-state index contributed by atoms with van der Waals surface area (Å²) in [5.41, 5.74) is 2.45. The Morgan fingerprint density at radius 1 is 1.02 bits per heavy atom. The van der Waals surface area contributed by atoms with E-state index in [1.165, 1.54) is 20.1 Å². The zero-order chi connectivity index (χ0) is 34.5. The van der Waals surface area contributed by atoms with Crippen molar-refractivity contribution in [2.75, 3.05) is 24.0 Å². The van der Waals surface area contributed by atoms with E-state index >= 15 is 0 Å². The minimum absolute atomic E-state index is 0.0174. The number of nitrogens with one attached hydrogen (secondary N) is 3. The SMILES string of the molecule is CCN(C(C)=O)n1c(=O)c2c(CNC(C)c3ccccn3)c(-c3ccc(NC(=O)NOC)cc3)sc2n(Cc2c(F)cccc2F)c1=O. The first kappa shape index (κ1) is 34.1. The number of carbonyl (C=O) groups is 2. The Bertz CT molecular complexity index is 2060. The summed E-state index contributed by atoms with van der Waals surface area (Å²) in [5.74, 6) is -2.30. The van der Waals surface area contributed by atoms with Gasteiger partial charge in [0.15, 0.2) is 0 Å². The van der Waals surface area contributed by atoms with Gasteiger partial charge in [0, 0.05) is 48.4 Å². The zero-order valence-electron chi connectivity index (χ0n) is 26.5. The summed E-state index contributed by atoms with van der Waals surface area (Å²) in [6.45, 7) is 4.30. The highest BCUT2D eigenvalue weighted by atomic mass is 32.1. The zero-order valence-corrected chi connectivity index (χ0v) is 27.4. The molecule has 1 atom stereocenters. The van der Waals surface area contributed by atoms with Crippen LogP contribution in [0.1, 0.15) is 43.6 Å². The maximum Gasteiger partial charge on any atom is 0.351 e. The van der Waals surface area contributed by atoms with Crippen molar-refractivity contribution in [3.8, 4) is 10.4 Å². The van der Waals surface area contributed by atoms with Crippen molar-refractivity contribution in [3.05, 3.63) is 116 Å². The molecule has 0 fully saturated rings. The van der Waals surface area contributed by atoms with Gasteiger partial charge in [0.25, 0.3) is 5.56 Å². The predicted octanol–water partition coefficient (Wildman–Crippen LogP) is 4.65. The van der Waals surface area contributed by atoms with E-state index in [-0.39, 0.29) is 34.9 Å². The van der Waals surface area contributed by atoms with Gasteiger partial charge in [0.2, 0.25) is 5.91 Å². The number of nitrogens with zero attached hydrogens (tertiary/aromatic N) is 4. The van der Waals surface area contributed by atoms with E-state index in [9.17, 15) is 28.0 Å². The molecule has 250 valence electrons. The van der Waals surface area contributed by atoms with Crippen LogP contribution in [0.5, 0.6) is 0 Å². The van der Waals surface area contributed by atoms with Gasteiger partial charge < -0.3 is 10.6 Å². The standard InChI is InChI=1S/C33H33F2N7O5S/c1-5-41(20(3)43)42-30(44)28-23(17-37-19(2)27-11-6-7-16-36-27)29(21-12-14-22(15-13-21)38-32(45)39-47-4)48-31(28)40(33(42)46)18-24-25(34)9-8-10-26(24)35/h6-16,19,37H,5,17-18H2,1-4H3,(H2,38,39,45). The van der Waals surface area contributed by atoms with Crippen LogP contribution < -0.4 is 32.4 Å². The van der Waals surface area contributed by atoms with Gasteiger partial charge in [-0.1, -0.05) is 24.3 Å². The molecule has 15 heteroatoms. The van der Waals surface area contributed by atoms with E-state index in [0.717, 1.165) is 43.4 Å². The molecule has 2 aromatic carbocycles. The maximum atomic E-state index is 15.0. The molecule has 0 radical (unpaired) electrons. The van der Waals surface area contributed by atoms with E-state index in [1.807, 2.05) is 19.1 Å². The second kappa shape index (κ2) is 14.7. The van der Waals surface area contributed by atoms with Crippen LogP contribution in [0.2, 0.25) is 0 Å². The number of aromatic nitrogens is 3. The molecule has 5 rings (SSSR count). The van der Waals surface area contributed by atoms with Crippen LogP contribution in [-0.2, 0) is 22.7 Å². The molecular formula is C33H33F2N7O5S. The molecule has 3 heterocycles. The molecule has 12 nitrogen and oxygen atoms in total. The molecule has 5 aromatic rings. The normalized spacial score (nSPS) is 11.8. The summed E-state index contributed by atoms with van der Waals surface area (Å²) in [6, 6.07) is 14.8. The molecule has 3 N–H and O–H groups in total. The number of hydrogen-bond acceptors (Lipinski definition) is 8. The molecule has 1 unspecified atom stereocenters. The lowest BCUT2D eigenvalue weighted by atomic mass is 10.1. The Kier molecular flexibility index (Phi) is 10.4. The monoisotopic (exact) mass is 677 g/mol. The van der Waals surface area contributed by atoms with Crippen molar-refractivity contribution in [2.24, 2.45) is 0 Å². The fourth-order valence-electron chi connectivity index (χ4n) is 5.30. The number of anilines is 1. The first-order chi connectivity index (χ1) is 23.0. The Hall–Kier alpha value is -5.25. The van der Waals surface area contributed by atoms with Gasteiger partial charge in [-0.3, -0.25) is 24.0 Å². The van der Waals surface area contributed by atoms with Gasteiger partial charge in [0.1, 0.15) is 16.5 Å². The largest absolute Gasteiger partial charge is 0.351 e. The lowest BCUT2D eigenvalue weighted by Crippen LogP contribution is -2.54. The molecule has 3 aromatic heterocycles. The molecule has 0 saturated carbocycles. The van der Waals surface area contributed by atoms with E-state index < -0.39 is 41.4 Å². The number of amides is 3. The summed E-state index contributed by atoms with van der Waals surface area (Å²) < 4.78 is 31.8. The van der Waals surface area contributed by atoms with Crippen molar-refractivity contribution < 1.29 is 23.2 Å². The lowest BCUT2D eigenvalue weighted by Gasteiger charge is -2.22. The minimum atomic E-state index is -0.926. The molecule has 0 spiro atoms. The van der Waals surface area contributed by atoms with Gasteiger partial charge in [-0.2, -0.15) is 4.68 Å². The summed E-state index contributed by atoms with van der Waals surface area (Å²) in [4.78, 5) is 62.8. The van der Waals surface area contributed by atoms with E-state index in [2.05, 4.69) is 25.9 Å². The lowest BCUT2D eigenvalue weighted by molar-refractivity contribution is -0.118. The van der Waals surface area contributed by atoms with E-state index in [4.69, 9.17) is 0 Å². The Labute approximate surface area is 277 Å². The first-order valence-corrected chi connectivity index (χ1v) is 15.7. The highest BCUT2D eigenvalue weighted by Crippen LogP contribution is 2.38. The van der Waals surface area contributed by atoms with Gasteiger partial charge in [-0.25, -0.2) is 28.9 Å². The molecule has 0 saturated heterocycles. The highest BCUT2D eigenvalue weighted by Gasteiger charge is 2.27. The van der Waals surface area contributed by atoms with Crippen molar-refractivity contribution in [3.63, 3.8) is 0 Å². The molecule has 0 aliphatic rings. The summed E-state index contributed by atoms with van der Waals surface area (Å²) in [7, 11) is 1.30. The third-order valence-corrected chi connectivity index (χ3v) is 8.95. The second-order valence-corrected chi connectivity index (χ2v) is 11.7. The number of halogens is 2. The van der Waals surface area contributed by atoms with Crippen LogP contribution in [-0.4, -0.2) is 39.8 Å². The summed E-state index contributed by atoms with van der Waals surface area (Å²) >= 11 is 1.10. The smallest absolute Gasteiger partial charge is 0.306 e. The number of carbonyl (C=O) groups excluding carboxylic acids is 2. The number of pyridine rings is 1. The number of urea groups is 1.